The molecule has 8 heteroatoms. The van der Waals surface area contributed by atoms with Gasteiger partial charge in [-0.15, -0.1) is 0 Å². The third-order valence-corrected chi connectivity index (χ3v) is 3.52. The number of hydrogen-bond acceptors (Lipinski definition) is 7. The van der Waals surface area contributed by atoms with Crippen LogP contribution in [0.15, 0.2) is 6.20 Å². The Morgan fingerprint density at radius 2 is 2.45 bits per heavy atom. The smallest absolute Gasteiger partial charge is 0.349 e. The maximum Gasteiger partial charge on any atom is 0.349 e. The van der Waals surface area contributed by atoms with Crippen LogP contribution in [0, 0.1) is 10.1 Å². The molecule has 1 atom stereocenters. The van der Waals surface area contributed by atoms with Gasteiger partial charge in [0.2, 0.25) is 5.95 Å². The van der Waals surface area contributed by atoms with Crippen molar-refractivity contribution in [1.82, 2.24) is 14.9 Å². The zero-order valence-corrected chi connectivity index (χ0v) is 11.7. The van der Waals surface area contributed by atoms with Crippen LogP contribution in [-0.4, -0.2) is 53.1 Å². The minimum absolute atomic E-state index is 0.0231. The van der Waals surface area contributed by atoms with E-state index in [1.54, 1.807) is 7.05 Å². The third-order valence-electron chi connectivity index (χ3n) is 3.52. The Hall–Kier alpha value is -1.96. The van der Waals surface area contributed by atoms with Gasteiger partial charge in [0.15, 0.2) is 0 Å². The van der Waals surface area contributed by atoms with E-state index in [1.807, 2.05) is 0 Å². The first-order valence-electron chi connectivity index (χ1n) is 6.64. The Balaban J connectivity index is 1.98. The lowest BCUT2D eigenvalue weighted by Gasteiger charge is -2.18. The number of nitrogens with zero attached hydrogens (tertiary/aromatic N) is 4. The molecule has 1 aromatic rings. The summed E-state index contributed by atoms with van der Waals surface area (Å²) in [5.41, 5.74) is -0.205. The first kappa shape index (κ1) is 14.4. The van der Waals surface area contributed by atoms with E-state index in [0.29, 0.717) is 18.6 Å². The van der Waals surface area contributed by atoms with Crippen LogP contribution in [-0.2, 0) is 0 Å². The summed E-state index contributed by atoms with van der Waals surface area (Å²) in [6.07, 6.45) is 4.34. The van der Waals surface area contributed by atoms with Crippen molar-refractivity contribution in [2.45, 2.75) is 25.3 Å². The molecule has 8 nitrogen and oxygen atoms in total. The fourth-order valence-corrected chi connectivity index (χ4v) is 2.35. The van der Waals surface area contributed by atoms with E-state index in [1.165, 1.54) is 6.42 Å². The summed E-state index contributed by atoms with van der Waals surface area (Å²) < 4.78 is 5.49. The maximum absolute atomic E-state index is 10.9. The zero-order valence-electron chi connectivity index (χ0n) is 11.7. The van der Waals surface area contributed by atoms with Crippen LogP contribution in [0.5, 0.6) is 5.88 Å². The number of nitrogens with one attached hydrogen (secondary N) is 1. The predicted molar refractivity (Wildman–Crippen MR) is 74.0 cm³/mol. The first-order valence-corrected chi connectivity index (χ1v) is 6.64. The predicted octanol–water partition coefficient (Wildman–Crippen LogP) is 1.29. The van der Waals surface area contributed by atoms with Gasteiger partial charge in [-0.1, -0.05) is 0 Å². The lowest BCUT2D eigenvalue weighted by molar-refractivity contribution is -0.386. The second-order valence-corrected chi connectivity index (χ2v) is 4.80. The van der Waals surface area contributed by atoms with Crippen molar-refractivity contribution in [3.05, 3.63) is 16.3 Å². The molecule has 0 radical (unpaired) electrons. The van der Waals surface area contributed by atoms with Crippen molar-refractivity contribution in [2.75, 3.05) is 32.6 Å². The topological polar surface area (TPSA) is 93.4 Å². The number of aromatic nitrogens is 2. The van der Waals surface area contributed by atoms with Gasteiger partial charge in [0, 0.05) is 13.1 Å². The second-order valence-electron chi connectivity index (χ2n) is 4.80. The Bertz CT molecular complexity index is 482. The molecule has 0 spiro atoms. The molecule has 1 aliphatic rings. The average Bonchev–Trinajstić information content (AvgIpc) is 2.84. The van der Waals surface area contributed by atoms with Gasteiger partial charge < -0.3 is 15.0 Å². The average molecular weight is 281 g/mol. The van der Waals surface area contributed by atoms with Crippen LogP contribution in [0.25, 0.3) is 0 Å². The molecular weight excluding hydrogens is 262 g/mol. The molecule has 20 heavy (non-hydrogen) atoms. The molecule has 1 saturated heterocycles. The quantitative estimate of drug-likeness (QED) is 0.620. The van der Waals surface area contributed by atoms with E-state index in [4.69, 9.17) is 4.74 Å². The van der Waals surface area contributed by atoms with Crippen molar-refractivity contribution in [3.63, 3.8) is 0 Å². The maximum atomic E-state index is 10.9. The lowest BCUT2D eigenvalue weighted by Crippen LogP contribution is -2.26. The van der Waals surface area contributed by atoms with Crippen LogP contribution >= 0.6 is 0 Å². The van der Waals surface area contributed by atoms with Crippen LogP contribution in [0.1, 0.15) is 19.3 Å². The second kappa shape index (κ2) is 6.47. The summed E-state index contributed by atoms with van der Waals surface area (Å²) in [7, 11) is 3.74. The fourth-order valence-electron chi connectivity index (χ4n) is 2.35. The molecule has 2 heterocycles. The molecule has 1 aromatic heterocycles. The van der Waals surface area contributed by atoms with Gasteiger partial charge in [-0.3, -0.25) is 10.1 Å². The molecule has 110 valence electrons. The standard InChI is InChI=1S/C12H19N5O3/c1-13-12-14-8-10(17(18)19)11(15-12)20-7-5-9-4-3-6-16(9)2/h8-9H,3-7H2,1-2H3,(H,13,14,15). The Morgan fingerprint density at radius 1 is 1.65 bits per heavy atom. The Labute approximate surface area is 117 Å². The minimum atomic E-state index is -0.531. The van der Waals surface area contributed by atoms with Crippen molar-refractivity contribution >= 4 is 11.6 Å². The van der Waals surface area contributed by atoms with Gasteiger partial charge >= 0.3 is 5.69 Å². The van der Waals surface area contributed by atoms with E-state index in [0.717, 1.165) is 25.6 Å². The van der Waals surface area contributed by atoms with E-state index in [-0.39, 0.29) is 11.6 Å². The molecule has 0 aromatic carbocycles. The summed E-state index contributed by atoms with van der Waals surface area (Å²) in [6.45, 7) is 1.51. The highest BCUT2D eigenvalue weighted by atomic mass is 16.6. The zero-order chi connectivity index (χ0) is 14.5. The minimum Gasteiger partial charge on any atom is -0.473 e. The monoisotopic (exact) mass is 281 g/mol. The first-order chi connectivity index (χ1) is 9.61. The molecule has 0 aliphatic carbocycles. The number of ether oxygens (including phenoxy) is 1. The highest BCUT2D eigenvalue weighted by Crippen LogP contribution is 2.25. The molecule has 0 bridgehead atoms. The molecular formula is C12H19N5O3. The number of nitro groups is 1. The van der Waals surface area contributed by atoms with E-state index >= 15 is 0 Å². The van der Waals surface area contributed by atoms with Gasteiger partial charge in [0.05, 0.1) is 11.5 Å². The van der Waals surface area contributed by atoms with Gasteiger partial charge in [-0.2, -0.15) is 4.98 Å². The van der Waals surface area contributed by atoms with Gasteiger partial charge in [0.1, 0.15) is 6.20 Å². The molecule has 1 N–H and O–H groups in total. The summed E-state index contributed by atoms with van der Waals surface area (Å²) >= 11 is 0. The highest BCUT2D eigenvalue weighted by Gasteiger charge is 2.22. The molecule has 1 unspecified atom stereocenters. The van der Waals surface area contributed by atoms with Crippen molar-refractivity contribution in [3.8, 4) is 5.88 Å². The molecule has 1 aliphatic heterocycles. The summed E-state index contributed by atoms with van der Waals surface area (Å²) in [6, 6.07) is 0.486. The molecule has 0 saturated carbocycles. The van der Waals surface area contributed by atoms with Crippen molar-refractivity contribution < 1.29 is 9.66 Å². The summed E-state index contributed by atoms with van der Waals surface area (Å²) in [4.78, 5) is 20.5. The molecule has 2 rings (SSSR count). The summed E-state index contributed by atoms with van der Waals surface area (Å²) in [5, 5.41) is 13.6. The van der Waals surface area contributed by atoms with E-state index < -0.39 is 4.92 Å². The highest BCUT2D eigenvalue weighted by molar-refractivity contribution is 5.42. The van der Waals surface area contributed by atoms with Crippen LogP contribution in [0.3, 0.4) is 0 Å². The third kappa shape index (κ3) is 3.32. The van der Waals surface area contributed by atoms with Crippen LogP contribution in [0.4, 0.5) is 11.6 Å². The molecule has 1 fully saturated rings. The van der Waals surface area contributed by atoms with E-state index in [9.17, 15) is 10.1 Å². The van der Waals surface area contributed by atoms with Crippen molar-refractivity contribution in [1.29, 1.82) is 0 Å². The molecule has 0 amide bonds. The van der Waals surface area contributed by atoms with Crippen molar-refractivity contribution in [2.24, 2.45) is 0 Å². The van der Waals surface area contributed by atoms with Gasteiger partial charge in [0.25, 0.3) is 5.88 Å². The number of rotatable bonds is 6. The van der Waals surface area contributed by atoms with Gasteiger partial charge in [-0.05, 0) is 32.9 Å². The number of anilines is 1. The van der Waals surface area contributed by atoms with Crippen LogP contribution < -0.4 is 10.1 Å². The SMILES string of the molecule is CNc1ncc([N+](=O)[O-])c(OCCC2CCCN2C)n1. The van der Waals surface area contributed by atoms with Crippen LogP contribution in [0.2, 0.25) is 0 Å². The summed E-state index contributed by atoms with van der Waals surface area (Å²) in [5.74, 6) is 0.332. The van der Waals surface area contributed by atoms with Gasteiger partial charge in [-0.25, -0.2) is 4.98 Å². The number of likely N-dealkylation sites (tertiary alicyclic amines) is 1. The van der Waals surface area contributed by atoms with E-state index in [2.05, 4.69) is 27.2 Å². The fraction of sp³-hybridized carbons (Fsp3) is 0.667. The largest absolute Gasteiger partial charge is 0.473 e. The normalized spacial score (nSPS) is 19.0. The Morgan fingerprint density at radius 3 is 3.05 bits per heavy atom. The lowest BCUT2D eigenvalue weighted by atomic mass is 10.1. The number of hydrogen-bond donors (Lipinski definition) is 1. The Kier molecular flexibility index (Phi) is 4.67.